The molecule has 1 saturated heterocycles. The summed E-state index contributed by atoms with van der Waals surface area (Å²) in [5, 5.41) is 0. The van der Waals surface area contributed by atoms with Crippen LogP contribution in [0.1, 0.15) is 34.3 Å². The third-order valence-corrected chi connectivity index (χ3v) is 4.43. The van der Waals surface area contributed by atoms with E-state index in [4.69, 9.17) is 4.74 Å². The minimum atomic E-state index is 0.143. The topological polar surface area (TPSA) is 29.5 Å². The van der Waals surface area contributed by atoms with Gasteiger partial charge in [0.2, 0.25) is 0 Å². The Kier molecular flexibility index (Phi) is 5.09. The lowest BCUT2D eigenvalue weighted by Crippen LogP contribution is -2.41. The maximum absolute atomic E-state index is 12.6. The molecule has 0 bridgehead atoms. The van der Waals surface area contributed by atoms with Gasteiger partial charge in [0, 0.05) is 18.7 Å². The van der Waals surface area contributed by atoms with Crippen LogP contribution in [0.2, 0.25) is 0 Å². The summed E-state index contributed by atoms with van der Waals surface area (Å²) in [4.78, 5) is 14.5. The molecule has 23 heavy (non-hydrogen) atoms. The van der Waals surface area contributed by atoms with Crippen LogP contribution in [0.15, 0.2) is 54.6 Å². The summed E-state index contributed by atoms with van der Waals surface area (Å²) in [6.07, 6.45) is 2.06. The number of benzene rings is 2. The Morgan fingerprint density at radius 2 is 1.70 bits per heavy atom. The van der Waals surface area contributed by atoms with Crippen molar-refractivity contribution in [3.63, 3.8) is 0 Å². The summed E-state index contributed by atoms with van der Waals surface area (Å²) in [6, 6.07) is 18.0. The molecule has 0 N–H and O–H groups in total. The number of piperidine rings is 1. The van der Waals surface area contributed by atoms with Crippen molar-refractivity contribution < 1.29 is 9.53 Å². The van der Waals surface area contributed by atoms with Crippen molar-refractivity contribution in [3.8, 4) is 0 Å². The second kappa shape index (κ2) is 7.42. The molecule has 1 aliphatic rings. The normalized spacial score (nSPS) is 15.6. The molecule has 0 saturated carbocycles. The van der Waals surface area contributed by atoms with Gasteiger partial charge in [-0.25, -0.2) is 0 Å². The van der Waals surface area contributed by atoms with E-state index in [9.17, 15) is 4.79 Å². The maximum atomic E-state index is 12.6. The summed E-state index contributed by atoms with van der Waals surface area (Å²) < 4.78 is 5.99. The molecule has 0 atom stereocenters. The van der Waals surface area contributed by atoms with Crippen LogP contribution in [0.3, 0.4) is 0 Å². The van der Waals surface area contributed by atoms with Crippen molar-refractivity contribution in [3.05, 3.63) is 71.3 Å². The lowest BCUT2D eigenvalue weighted by Gasteiger charge is -2.32. The van der Waals surface area contributed by atoms with Crippen LogP contribution in [-0.4, -0.2) is 30.0 Å². The van der Waals surface area contributed by atoms with Crippen LogP contribution in [-0.2, 0) is 11.3 Å². The highest BCUT2D eigenvalue weighted by Crippen LogP contribution is 2.19. The zero-order valence-electron chi connectivity index (χ0n) is 13.6. The molecular weight excluding hydrogens is 286 g/mol. The average Bonchev–Trinajstić information content (AvgIpc) is 2.61. The van der Waals surface area contributed by atoms with Crippen LogP contribution in [0, 0.1) is 6.92 Å². The molecule has 2 aromatic carbocycles. The second-order valence-corrected chi connectivity index (χ2v) is 6.10. The Morgan fingerprint density at radius 3 is 2.39 bits per heavy atom. The first-order valence-corrected chi connectivity index (χ1v) is 8.24. The van der Waals surface area contributed by atoms with Gasteiger partial charge in [-0.1, -0.05) is 48.5 Å². The van der Waals surface area contributed by atoms with Gasteiger partial charge >= 0.3 is 0 Å². The highest BCUT2D eigenvalue weighted by Gasteiger charge is 2.24. The van der Waals surface area contributed by atoms with Crippen molar-refractivity contribution in [2.75, 3.05) is 13.1 Å². The smallest absolute Gasteiger partial charge is 0.254 e. The molecule has 0 aromatic heterocycles. The third kappa shape index (κ3) is 3.99. The largest absolute Gasteiger partial charge is 0.373 e. The van der Waals surface area contributed by atoms with Crippen LogP contribution < -0.4 is 0 Å². The van der Waals surface area contributed by atoms with E-state index in [-0.39, 0.29) is 12.0 Å². The molecule has 120 valence electrons. The Bertz CT molecular complexity index is 646. The number of likely N-dealkylation sites (tertiary alicyclic amines) is 1. The van der Waals surface area contributed by atoms with E-state index in [1.807, 2.05) is 54.3 Å². The summed E-state index contributed by atoms with van der Waals surface area (Å²) in [7, 11) is 0. The van der Waals surface area contributed by atoms with E-state index in [1.54, 1.807) is 0 Å². The van der Waals surface area contributed by atoms with Gasteiger partial charge in [-0.2, -0.15) is 0 Å². The average molecular weight is 309 g/mol. The van der Waals surface area contributed by atoms with Gasteiger partial charge in [0.15, 0.2) is 0 Å². The summed E-state index contributed by atoms with van der Waals surface area (Å²) in [5.74, 6) is 0.143. The predicted octanol–water partition coefficient (Wildman–Crippen LogP) is 3.82. The van der Waals surface area contributed by atoms with Crippen LogP contribution in [0.25, 0.3) is 0 Å². The van der Waals surface area contributed by atoms with Crippen molar-refractivity contribution >= 4 is 5.91 Å². The van der Waals surface area contributed by atoms with Crippen molar-refractivity contribution in [2.45, 2.75) is 32.5 Å². The van der Waals surface area contributed by atoms with Crippen molar-refractivity contribution in [1.29, 1.82) is 0 Å². The number of carbonyl (C=O) groups is 1. The molecule has 0 radical (unpaired) electrons. The van der Waals surface area contributed by atoms with E-state index in [2.05, 4.69) is 12.1 Å². The first-order valence-electron chi connectivity index (χ1n) is 8.24. The molecular formula is C20H23NO2. The quantitative estimate of drug-likeness (QED) is 0.859. The molecule has 1 fully saturated rings. The Hall–Kier alpha value is -2.13. The van der Waals surface area contributed by atoms with E-state index < -0.39 is 0 Å². The highest BCUT2D eigenvalue weighted by atomic mass is 16.5. The van der Waals surface area contributed by atoms with E-state index >= 15 is 0 Å². The maximum Gasteiger partial charge on any atom is 0.254 e. The Balaban J connectivity index is 1.50. The van der Waals surface area contributed by atoms with Gasteiger partial charge in [-0.15, -0.1) is 0 Å². The molecule has 0 unspecified atom stereocenters. The van der Waals surface area contributed by atoms with Crippen molar-refractivity contribution in [2.24, 2.45) is 0 Å². The Morgan fingerprint density at radius 1 is 1.04 bits per heavy atom. The number of nitrogens with zero attached hydrogens (tertiary/aromatic N) is 1. The number of carbonyl (C=O) groups excluding carboxylic acids is 1. The second-order valence-electron chi connectivity index (χ2n) is 6.10. The fraction of sp³-hybridized carbons (Fsp3) is 0.350. The van der Waals surface area contributed by atoms with Gasteiger partial charge in [0.25, 0.3) is 5.91 Å². The van der Waals surface area contributed by atoms with Gasteiger partial charge in [-0.3, -0.25) is 4.79 Å². The standard InChI is InChI=1S/C20H23NO2/c1-16-7-5-6-10-19(16)20(22)21-13-11-18(12-14-21)23-15-17-8-3-2-4-9-17/h2-10,18H,11-15H2,1H3. The predicted molar refractivity (Wildman–Crippen MR) is 91.3 cm³/mol. The molecule has 1 heterocycles. The lowest BCUT2D eigenvalue weighted by atomic mass is 10.0. The number of hydrogen-bond donors (Lipinski definition) is 0. The third-order valence-electron chi connectivity index (χ3n) is 4.43. The van der Waals surface area contributed by atoms with E-state index in [1.165, 1.54) is 5.56 Å². The van der Waals surface area contributed by atoms with Gasteiger partial charge in [0.05, 0.1) is 12.7 Å². The molecule has 2 aromatic rings. The SMILES string of the molecule is Cc1ccccc1C(=O)N1CCC(OCc2ccccc2)CC1. The monoisotopic (exact) mass is 309 g/mol. The zero-order chi connectivity index (χ0) is 16.1. The number of rotatable bonds is 4. The molecule has 1 aliphatic heterocycles. The number of ether oxygens (including phenoxy) is 1. The summed E-state index contributed by atoms with van der Waals surface area (Å²) in [6.45, 7) is 4.18. The van der Waals surface area contributed by atoms with Gasteiger partial charge in [-0.05, 0) is 37.0 Å². The fourth-order valence-corrected chi connectivity index (χ4v) is 3.00. The first kappa shape index (κ1) is 15.8. The summed E-state index contributed by atoms with van der Waals surface area (Å²) >= 11 is 0. The first-order chi connectivity index (χ1) is 11.2. The molecule has 3 rings (SSSR count). The minimum absolute atomic E-state index is 0.143. The van der Waals surface area contributed by atoms with Crippen molar-refractivity contribution in [1.82, 2.24) is 4.90 Å². The number of hydrogen-bond acceptors (Lipinski definition) is 2. The number of aryl methyl sites for hydroxylation is 1. The molecule has 3 heteroatoms. The van der Waals surface area contributed by atoms with Gasteiger partial charge in [0.1, 0.15) is 0 Å². The molecule has 0 aliphatic carbocycles. The minimum Gasteiger partial charge on any atom is -0.373 e. The van der Waals surface area contributed by atoms with Crippen LogP contribution >= 0.6 is 0 Å². The number of amides is 1. The zero-order valence-corrected chi connectivity index (χ0v) is 13.6. The molecule has 3 nitrogen and oxygen atoms in total. The molecule has 1 amide bonds. The van der Waals surface area contributed by atoms with E-state index in [0.717, 1.165) is 37.1 Å². The van der Waals surface area contributed by atoms with Crippen LogP contribution in [0.5, 0.6) is 0 Å². The Labute approximate surface area is 137 Å². The fourth-order valence-electron chi connectivity index (χ4n) is 3.00. The van der Waals surface area contributed by atoms with Crippen LogP contribution in [0.4, 0.5) is 0 Å². The summed E-state index contributed by atoms with van der Waals surface area (Å²) in [5.41, 5.74) is 3.06. The highest BCUT2D eigenvalue weighted by molar-refractivity contribution is 5.95. The lowest BCUT2D eigenvalue weighted by molar-refractivity contribution is -0.000393. The molecule has 0 spiro atoms. The van der Waals surface area contributed by atoms with Gasteiger partial charge < -0.3 is 9.64 Å². The van der Waals surface area contributed by atoms with E-state index in [0.29, 0.717) is 6.61 Å².